The summed E-state index contributed by atoms with van der Waals surface area (Å²) in [7, 11) is 1.71. The molecule has 144 valence electrons. The minimum atomic E-state index is -0.421. The number of nitrogens with zero attached hydrogens (tertiary/aromatic N) is 2. The first-order valence-electron chi connectivity index (χ1n) is 9.19. The first-order valence-corrected chi connectivity index (χ1v) is 9.19. The second kappa shape index (κ2) is 9.14. The number of amides is 2. The molecule has 1 aliphatic heterocycles. The number of piperazine rings is 1. The van der Waals surface area contributed by atoms with Crippen molar-refractivity contribution in [3.8, 4) is 0 Å². The van der Waals surface area contributed by atoms with Gasteiger partial charge in [0.15, 0.2) is 0 Å². The number of rotatable bonds is 6. The maximum Gasteiger partial charge on any atom is 0.253 e. The molecule has 6 heteroatoms. The fourth-order valence-corrected chi connectivity index (χ4v) is 2.84. The monoisotopic (exact) mass is 361 g/mol. The Morgan fingerprint density at radius 3 is 2.46 bits per heavy atom. The third-order valence-corrected chi connectivity index (χ3v) is 4.58. The van der Waals surface area contributed by atoms with E-state index in [1.807, 2.05) is 49.9 Å². The summed E-state index contributed by atoms with van der Waals surface area (Å²) in [5.74, 6) is 0.0572. The van der Waals surface area contributed by atoms with Crippen LogP contribution in [0.15, 0.2) is 24.3 Å². The van der Waals surface area contributed by atoms with E-state index in [2.05, 4.69) is 10.2 Å². The zero-order chi connectivity index (χ0) is 19.2. The van der Waals surface area contributed by atoms with Crippen LogP contribution in [0, 0.1) is 5.41 Å². The number of methoxy groups -OCH3 is 1. The highest BCUT2D eigenvalue weighted by Crippen LogP contribution is 2.14. The van der Waals surface area contributed by atoms with E-state index in [-0.39, 0.29) is 11.8 Å². The number of carbonyl (C=O) groups excluding carboxylic acids is 2. The van der Waals surface area contributed by atoms with Gasteiger partial charge in [0.25, 0.3) is 5.91 Å². The molecule has 1 saturated heterocycles. The molecule has 1 N–H and O–H groups in total. The maximum absolute atomic E-state index is 12.8. The van der Waals surface area contributed by atoms with Crippen molar-refractivity contribution in [3.63, 3.8) is 0 Å². The molecule has 1 aliphatic rings. The van der Waals surface area contributed by atoms with E-state index in [0.717, 1.165) is 44.9 Å². The molecule has 0 aromatic heterocycles. The predicted octanol–water partition coefficient (Wildman–Crippen LogP) is 1.75. The molecule has 1 fully saturated rings. The lowest BCUT2D eigenvalue weighted by Gasteiger charge is -2.34. The highest BCUT2D eigenvalue weighted by Gasteiger charge is 2.23. The molecular formula is C20H31N3O3. The summed E-state index contributed by atoms with van der Waals surface area (Å²) < 4.78 is 5.11. The van der Waals surface area contributed by atoms with Gasteiger partial charge in [0.2, 0.25) is 5.91 Å². The van der Waals surface area contributed by atoms with E-state index >= 15 is 0 Å². The molecule has 0 spiro atoms. The average molecular weight is 361 g/mol. The van der Waals surface area contributed by atoms with Gasteiger partial charge in [-0.3, -0.25) is 14.5 Å². The molecule has 0 radical (unpaired) electrons. The number of hydrogen-bond donors (Lipinski definition) is 1. The molecule has 0 aliphatic carbocycles. The van der Waals surface area contributed by atoms with Crippen LogP contribution in [0.3, 0.4) is 0 Å². The van der Waals surface area contributed by atoms with Gasteiger partial charge < -0.3 is 15.0 Å². The molecule has 2 amide bonds. The van der Waals surface area contributed by atoms with Gasteiger partial charge in [0.05, 0.1) is 6.61 Å². The summed E-state index contributed by atoms with van der Waals surface area (Å²) in [6.07, 6.45) is 0. The van der Waals surface area contributed by atoms with Crippen LogP contribution in [-0.4, -0.2) is 68.1 Å². The number of ether oxygens (including phenoxy) is 1. The third kappa shape index (κ3) is 5.81. The van der Waals surface area contributed by atoms with Gasteiger partial charge in [-0.15, -0.1) is 0 Å². The smallest absolute Gasteiger partial charge is 0.253 e. The van der Waals surface area contributed by atoms with Gasteiger partial charge in [-0.05, 0) is 17.7 Å². The van der Waals surface area contributed by atoms with Gasteiger partial charge in [-0.1, -0.05) is 32.9 Å². The van der Waals surface area contributed by atoms with Crippen molar-refractivity contribution in [2.45, 2.75) is 27.3 Å². The molecule has 0 bridgehead atoms. The third-order valence-electron chi connectivity index (χ3n) is 4.58. The fourth-order valence-electron chi connectivity index (χ4n) is 2.84. The minimum absolute atomic E-state index is 0.00131. The minimum Gasteiger partial charge on any atom is -0.383 e. The normalized spacial score (nSPS) is 15.8. The molecule has 0 saturated carbocycles. The number of benzene rings is 1. The molecule has 1 heterocycles. The van der Waals surface area contributed by atoms with Crippen molar-refractivity contribution >= 4 is 11.8 Å². The Kier molecular flexibility index (Phi) is 7.17. The molecule has 1 aromatic carbocycles. The van der Waals surface area contributed by atoms with Crippen LogP contribution in [-0.2, 0) is 16.1 Å². The molecule has 2 rings (SSSR count). The van der Waals surface area contributed by atoms with Crippen molar-refractivity contribution in [2.75, 3.05) is 46.4 Å². The number of carbonyl (C=O) groups is 2. The van der Waals surface area contributed by atoms with Gasteiger partial charge in [-0.25, -0.2) is 0 Å². The summed E-state index contributed by atoms with van der Waals surface area (Å²) in [5.41, 5.74) is 1.20. The van der Waals surface area contributed by atoms with Gasteiger partial charge in [0, 0.05) is 57.4 Å². The van der Waals surface area contributed by atoms with Crippen molar-refractivity contribution < 1.29 is 14.3 Å². The van der Waals surface area contributed by atoms with E-state index < -0.39 is 5.41 Å². The van der Waals surface area contributed by atoms with E-state index in [1.165, 1.54) is 0 Å². The van der Waals surface area contributed by atoms with Crippen LogP contribution in [0.1, 0.15) is 36.7 Å². The topological polar surface area (TPSA) is 61.9 Å². The Morgan fingerprint density at radius 1 is 1.15 bits per heavy atom. The zero-order valence-electron chi connectivity index (χ0n) is 16.4. The first kappa shape index (κ1) is 20.4. The highest BCUT2D eigenvalue weighted by molar-refractivity contribution is 5.94. The Hall–Kier alpha value is -1.92. The molecular weight excluding hydrogens is 330 g/mol. The van der Waals surface area contributed by atoms with E-state index in [0.29, 0.717) is 12.1 Å². The summed E-state index contributed by atoms with van der Waals surface area (Å²) in [6, 6.07) is 7.53. The van der Waals surface area contributed by atoms with Gasteiger partial charge >= 0.3 is 0 Å². The average Bonchev–Trinajstić information content (AvgIpc) is 2.63. The zero-order valence-corrected chi connectivity index (χ0v) is 16.4. The van der Waals surface area contributed by atoms with Gasteiger partial charge in [-0.2, -0.15) is 0 Å². The lowest BCUT2D eigenvalue weighted by molar-refractivity contribution is -0.128. The Balaban J connectivity index is 1.91. The van der Waals surface area contributed by atoms with Crippen LogP contribution < -0.4 is 5.32 Å². The van der Waals surface area contributed by atoms with Crippen molar-refractivity contribution in [3.05, 3.63) is 35.4 Å². The van der Waals surface area contributed by atoms with E-state index in [9.17, 15) is 9.59 Å². The van der Waals surface area contributed by atoms with Crippen LogP contribution in [0.2, 0.25) is 0 Å². The maximum atomic E-state index is 12.8. The van der Waals surface area contributed by atoms with E-state index in [1.54, 1.807) is 7.11 Å². The fraction of sp³-hybridized carbons (Fsp3) is 0.600. The molecule has 6 nitrogen and oxygen atoms in total. The first-order chi connectivity index (χ1) is 12.3. The standard InChI is InChI=1S/C20H31N3O3/c1-20(2,3)19(25)21-15-16-6-5-7-17(14-16)18(24)23-10-8-22(9-11-23)12-13-26-4/h5-7,14H,8-13,15H2,1-4H3,(H,21,25). The number of nitrogens with one attached hydrogen (secondary N) is 1. The molecule has 26 heavy (non-hydrogen) atoms. The van der Waals surface area contributed by atoms with Crippen LogP contribution in [0.5, 0.6) is 0 Å². The highest BCUT2D eigenvalue weighted by atomic mass is 16.5. The second-order valence-electron chi connectivity index (χ2n) is 7.76. The summed E-state index contributed by atoms with van der Waals surface area (Å²) in [5, 5.41) is 2.93. The van der Waals surface area contributed by atoms with E-state index in [4.69, 9.17) is 4.74 Å². The van der Waals surface area contributed by atoms with Crippen molar-refractivity contribution in [1.29, 1.82) is 0 Å². The summed E-state index contributed by atoms with van der Waals surface area (Å²) in [4.78, 5) is 29.0. The summed E-state index contributed by atoms with van der Waals surface area (Å²) >= 11 is 0. The van der Waals surface area contributed by atoms with Crippen molar-refractivity contribution in [1.82, 2.24) is 15.1 Å². The van der Waals surface area contributed by atoms with Crippen LogP contribution in [0.4, 0.5) is 0 Å². The van der Waals surface area contributed by atoms with Crippen molar-refractivity contribution in [2.24, 2.45) is 5.41 Å². The van der Waals surface area contributed by atoms with Gasteiger partial charge in [0.1, 0.15) is 0 Å². The predicted molar refractivity (Wildman–Crippen MR) is 102 cm³/mol. The molecule has 1 aromatic rings. The lowest BCUT2D eigenvalue weighted by atomic mass is 9.95. The Bertz CT molecular complexity index is 617. The Labute approximate surface area is 156 Å². The van der Waals surface area contributed by atoms with Crippen LogP contribution in [0.25, 0.3) is 0 Å². The van der Waals surface area contributed by atoms with Crippen LogP contribution >= 0.6 is 0 Å². The Morgan fingerprint density at radius 2 is 1.85 bits per heavy atom. The lowest BCUT2D eigenvalue weighted by Crippen LogP contribution is -2.49. The SMILES string of the molecule is COCCN1CCN(C(=O)c2cccc(CNC(=O)C(C)(C)C)c2)CC1. The molecule has 0 atom stereocenters. The quantitative estimate of drug-likeness (QED) is 0.839. The largest absolute Gasteiger partial charge is 0.383 e. The summed E-state index contributed by atoms with van der Waals surface area (Å²) in [6.45, 7) is 10.9. The molecule has 0 unspecified atom stereocenters. The second-order valence-corrected chi connectivity index (χ2v) is 7.76. The number of hydrogen-bond acceptors (Lipinski definition) is 4.